The number of carboxylic acids is 1. The molecule has 5 aliphatic heterocycles. The van der Waals surface area contributed by atoms with Crippen LogP contribution in [0.2, 0.25) is 0 Å². The largest absolute Gasteiger partial charge is 0.481 e. The van der Waals surface area contributed by atoms with Gasteiger partial charge in [-0.3, -0.25) is 9.59 Å². The fourth-order valence-electron chi connectivity index (χ4n) is 11.6. The standard InChI is InChI=1S/C50H78N2O11/c1-11-36(45(55)56)38-20-19-29(4)43(60-38)33(8)41(53)32(7)42(54)37(12-2)44-30(5)27-31(6)49(61-44)24-21-39(52-46(57)51-28-35-17-15-14-16-18-35)50(63-49)26-25-47(10,62-50)40-22-23-48(58,13-3)34(9)59-40/h14-18,21,24,29-34,36-41,43-44,53,58H,11-13,19-20,22-23,25-28H2,1-10H3,(H,55,56)(H2,51,52,57)/t29-,30-,31+,32-,33-,34-,36+,37?,38+,39?,40+,41+,43+,44-,47-,48+,49-,50-/m0/s1. The number of rotatable bonds is 15. The van der Waals surface area contributed by atoms with Gasteiger partial charge in [0.2, 0.25) is 0 Å². The van der Waals surface area contributed by atoms with Gasteiger partial charge >= 0.3 is 12.0 Å². The molecule has 2 amide bonds. The van der Waals surface area contributed by atoms with Crippen LogP contribution >= 0.6 is 0 Å². The zero-order chi connectivity index (χ0) is 46.1. The highest BCUT2D eigenvalue weighted by atomic mass is 16.8. The molecule has 0 saturated carbocycles. The van der Waals surface area contributed by atoms with Gasteiger partial charge in [-0.2, -0.15) is 0 Å². The van der Waals surface area contributed by atoms with E-state index < -0.39 is 89.0 Å². The molecule has 13 heteroatoms. The summed E-state index contributed by atoms with van der Waals surface area (Å²) in [5.74, 6) is -6.06. The van der Waals surface area contributed by atoms with Crippen molar-refractivity contribution in [3.63, 3.8) is 0 Å². The number of ether oxygens (including phenoxy) is 5. The third-order valence-electron chi connectivity index (χ3n) is 16.1. The lowest BCUT2D eigenvalue weighted by atomic mass is 9.72. The molecule has 0 bridgehead atoms. The second-order valence-electron chi connectivity index (χ2n) is 20.3. The van der Waals surface area contributed by atoms with E-state index in [9.17, 15) is 29.7 Å². The molecule has 5 N–H and O–H groups in total. The molecule has 63 heavy (non-hydrogen) atoms. The topological polar surface area (TPSA) is 182 Å². The van der Waals surface area contributed by atoms with Crippen LogP contribution in [-0.4, -0.2) is 98.5 Å². The van der Waals surface area contributed by atoms with Gasteiger partial charge in [0.25, 0.3) is 0 Å². The number of benzene rings is 1. The van der Waals surface area contributed by atoms with E-state index in [2.05, 4.69) is 31.4 Å². The summed E-state index contributed by atoms with van der Waals surface area (Å²) in [6, 6.07) is 8.62. The minimum absolute atomic E-state index is 0.0255. The van der Waals surface area contributed by atoms with E-state index in [1.807, 2.05) is 84.0 Å². The first kappa shape index (κ1) is 49.5. The number of Topliss-reactive ketones (excluding diaryl/α,β-unsaturated/α-hetero) is 1. The number of aliphatic carboxylic acids is 1. The molecule has 1 aromatic carbocycles. The van der Waals surface area contributed by atoms with Crippen LogP contribution in [0.15, 0.2) is 42.5 Å². The molecular formula is C50H78N2O11. The molecule has 6 rings (SSSR count). The Morgan fingerprint density at radius 1 is 0.873 bits per heavy atom. The van der Waals surface area contributed by atoms with Crippen molar-refractivity contribution in [2.75, 3.05) is 0 Å². The van der Waals surface area contributed by atoms with E-state index in [1.165, 1.54) is 0 Å². The first-order valence-corrected chi connectivity index (χ1v) is 24.1. The van der Waals surface area contributed by atoms with E-state index in [-0.39, 0.29) is 35.7 Å². The molecule has 0 aliphatic carbocycles. The van der Waals surface area contributed by atoms with E-state index >= 15 is 0 Å². The van der Waals surface area contributed by atoms with Crippen molar-refractivity contribution in [3.05, 3.63) is 48.0 Å². The lowest BCUT2D eigenvalue weighted by molar-refractivity contribution is -0.397. The van der Waals surface area contributed by atoms with Crippen LogP contribution in [0.1, 0.15) is 139 Å². The van der Waals surface area contributed by atoms with E-state index in [0.29, 0.717) is 64.3 Å². The fraction of sp³-hybridized carbons (Fsp3) is 0.780. The molecule has 0 aromatic heterocycles. The third-order valence-corrected chi connectivity index (χ3v) is 16.1. The summed E-state index contributed by atoms with van der Waals surface area (Å²) < 4.78 is 34.6. The normalized spacial score (nSPS) is 40.5. The van der Waals surface area contributed by atoms with Crippen LogP contribution in [0.4, 0.5) is 4.79 Å². The van der Waals surface area contributed by atoms with Crippen molar-refractivity contribution in [1.82, 2.24) is 10.6 Å². The SMILES string of the molecule is CCC(C(=O)[C@@H](C)[C@@H](O)[C@H](C)[C@@H]1O[C@@H]([C@@H](CC)C(=O)O)CC[C@@H]1C)[C@H]1O[C@]2(C=CC(NC(=O)NCc3ccccc3)[C@]3(CC[C@@](C)([C@H]4CC[C@](O)(CC)[C@H](C)O4)O3)O2)[C@H](C)C[C@@H]1C. The average molecular weight is 883 g/mol. The summed E-state index contributed by atoms with van der Waals surface area (Å²) in [5, 5.41) is 39.1. The second kappa shape index (κ2) is 19.9. The monoisotopic (exact) mass is 883 g/mol. The number of carbonyl (C=O) groups is 3. The molecule has 0 radical (unpaired) electrons. The van der Waals surface area contributed by atoms with Crippen LogP contribution in [0.25, 0.3) is 0 Å². The predicted molar refractivity (Wildman–Crippen MR) is 238 cm³/mol. The summed E-state index contributed by atoms with van der Waals surface area (Å²) in [6.45, 7) is 20.0. The average Bonchev–Trinajstić information content (AvgIpc) is 3.60. The minimum Gasteiger partial charge on any atom is -0.481 e. The maximum absolute atomic E-state index is 14.7. The molecular weight excluding hydrogens is 805 g/mol. The van der Waals surface area contributed by atoms with Gasteiger partial charge in [-0.25, -0.2) is 4.79 Å². The van der Waals surface area contributed by atoms with Gasteiger partial charge in [-0.1, -0.05) is 91.8 Å². The smallest absolute Gasteiger partial charge is 0.315 e. The Hall–Kier alpha value is -2.91. The molecule has 13 nitrogen and oxygen atoms in total. The van der Waals surface area contributed by atoms with Crippen molar-refractivity contribution in [1.29, 1.82) is 0 Å². The van der Waals surface area contributed by atoms with E-state index in [1.54, 1.807) is 6.92 Å². The van der Waals surface area contributed by atoms with Crippen molar-refractivity contribution in [2.24, 2.45) is 41.4 Å². The Bertz CT molecular complexity index is 1760. The molecule has 2 unspecified atom stereocenters. The van der Waals surface area contributed by atoms with Crippen molar-refractivity contribution in [2.45, 2.75) is 205 Å². The summed E-state index contributed by atoms with van der Waals surface area (Å²) in [5.41, 5.74) is -0.765. The molecule has 1 aromatic rings. The molecule has 4 saturated heterocycles. The molecule has 5 aliphatic rings. The molecule has 2 spiro atoms. The van der Waals surface area contributed by atoms with Crippen molar-refractivity contribution in [3.8, 4) is 0 Å². The van der Waals surface area contributed by atoms with Gasteiger partial charge in [-0.05, 0) is 95.1 Å². The van der Waals surface area contributed by atoms with Crippen LogP contribution in [-0.2, 0) is 39.8 Å². The molecule has 354 valence electrons. The predicted octanol–water partition coefficient (Wildman–Crippen LogP) is 7.70. The number of carboxylic acid groups (broad SMARTS) is 1. The number of aliphatic hydroxyl groups excluding tert-OH is 1. The summed E-state index contributed by atoms with van der Waals surface area (Å²) in [7, 11) is 0. The first-order valence-electron chi connectivity index (χ1n) is 24.1. The number of carbonyl (C=O) groups excluding carboxylic acids is 2. The number of ketones is 1. The highest BCUT2D eigenvalue weighted by Crippen LogP contribution is 2.54. The summed E-state index contributed by atoms with van der Waals surface area (Å²) in [4.78, 5) is 40.3. The maximum Gasteiger partial charge on any atom is 0.315 e. The van der Waals surface area contributed by atoms with E-state index in [4.69, 9.17) is 23.7 Å². The third kappa shape index (κ3) is 10.1. The van der Waals surface area contributed by atoms with E-state index in [0.717, 1.165) is 12.0 Å². The van der Waals surface area contributed by atoms with Gasteiger partial charge in [0.1, 0.15) is 11.8 Å². The Morgan fingerprint density at radius 3 is 2.21 bits per heavy atom. The zero-order valence-corrected chi connectivity index (χ0v) is 39.5. The minimum atomic E-state index is -1.35. The highest BCUT2D eigenvalue weighted by Gasteiger charge is 2.63. The fourth-order valence-corrected chi connectivity index (χ4v) is 11.6. The van der Waals surface area contributed by atoms with Crippen LogP contribution in [0, 0.1) is 41.4 Å². The number of amides is 2. The number of urea groups is 1. The first-order chi connectivity index (χ1) is 29.8. The Morgan fingerprint density at radius 2 is 1.57 bits per heavy atom. The zero-order valence-electron chi connectivity index (χ0n) is 39.5. The highest BCUT2D eigenvalue weighted by molar-refractivity contribution is 5.84. The second-order valence-corrected chi connectivity index (χ2v) is 20.3. The van der Waals surface area contributed by atoms with Gasteiger partial charge in [0.15, 0.2) is 11.6 Å². The summed E-state index contributed by atoms with van der Waals surface area (Å²) >= 11 is 0. The van der Waals surface area contributed by atoms with Crippen LogP contribution in [0.5, 0.6) is 0 Å². The Kier molecular flexibility index (Phi) is 15.6. The molecule has 18 atom stereocenters. The van der Waals surface area contributed by atoms with Gasteiger partial charge in [0, 0.05) is 36.6 Å². The molecule has 4 fully saturated rings. The molecule has 5 heterocycles. The van der Waals surface area contributed by atoms with Crippen molar-refractivity contribution >= 4 is 17.8 Å². The van der Waals surface area contributed by atoms with Gasteiger partial charge in [0.05, 0.1) is 53.7 Å². The number of nitrogens with one attached hydrogen (secondary N) is 2. The Balaban J connectivity index is 1.23. The lowest BCUT2D eigenvalue weighted by Crippen LogP contribution is -2.66. The quantitative estimate of drug-likeness (QED) is 0.109. The number of aliphatic hydroxyl groups is 2. The van der Waals surface area contributed by atoms with Gasteiger partial charge < -0.3 is 49.6 Å². The van der Waals surface area contributed by atoms with Crippen LogP contribution in [0.3, 0.4) is 0 Å². The Labute approximate surface area is 375 Å². The lowest BCUT2D eigenvalue weighted by Gasteiger charge is -2.55. The number of hydrogen-bond donors (Lipinski definition) is 5. The van der Waals surface area contributed by atoms with Crippen LogP contribution < -0.4 is 10.6 Å². The van der Waals surface area contributed by atoms with Gasteiger partial charge in [-0.15, -0.1) is 0 Å². The maximum atomic E-state index is 14.7. The summed E-state index contributed by atoms with van der Waals surface area (Å²) in [6.07, 6.45) is 6.46. The number of hydrogen-bond acceptors (Lipinski definition) is 10. The van der Waals surface area contributed by atoms with Crippen molar-refractivity contribution < 1.29 is 53.4 Å².